The van der Waals surface area contributed by atoms with E-state index in [1.165, 1.54) is 0 Å². The average Bonchev–Trinajstić information content (AvgIpc) is 2.80. The molecule has 0 bridgehead atoms. The van der Waals surface area contributed by atoms with E-state index in [2.05, 4.69) is 10.5 Å². The third-order valence-electron chi connectivity index (χ3n) is 2.75. The maximum Gasteiger partial charge on any atom is 0.360 e. The van der Waals surface area contributed by atoms with Gasteiger partial charge < -0.3 is 14.6 Å². The predicted molar refractivity (Wildman–Crippen MR) is 57.3 cm³/mol. The number of carbonyl (C=O) groups excluding carboxylic acids is 1. The summed E-state index contributed by atoms with van der Waals surface area (Å²) in [4.78, 5) is 11.4. The Morgan fingerprint density at radius 2 is 2.38 bits per heavy atom. The van der Waals surface area contributed by atoms with Gasteiger partial charge in [0.05, 0.1) is 6.61 Å². The number of esters is 1. The summed E-state index contributed by atoms with van der Waals surface area (Å²) in [6, 6.07) is 1.70. The van der Waals surface area contributed by atoms with Crippen LogP contribution in [-0.2, 0) is 4.74 Å². The molecule has 0 amide bonds. The molecule has 16 heavy (non-hydrogen) atoms. The Morgan fingerprint density at radius 1 is 1.62 bits per heavy atom. The minimum absolute atomic E-state index is 0.274. The van der Waals surface area contributed by atoms with Gasteiger partial charge in [0, 0.05) is 12.0 Å². The SMILES string of the molecule is CCOC(=O)c1cc(C2CCNCC2)on1. The second-order valence-electron chi connectivity index (χ2n) is 3.86. The molecule has 1 saturated heterocycles. The molecule has 0 aliphatic carbocycles. The van der Waals surface area contributed by atoms with Crippen molar-refractivity contribution in [1.29, 1.82) is 0 Å². The smallest absolute Gasteiger partial charge is 0.360 e. The average molecular weight is 224 g/mol. The van der Waals surface area contributed by atoms with E-state index in [9.17, 15) is 4.79 Å². The summed E-state index contributed by atoms with van der Waals surface area (Å²) in [5.74, 6) is 0.757. The Labute approximate surface area is 94.1 Å². The van der Waals surface area contributed by atoms with Gasteiger partial charge in [-0.3, -0.25) is 0 Å². The molecule has 1 aliphatic rings. The molecule has 88 valence electrons. The number of carbonyl (C=O) groups is 1. The lowest BCUT2D eigenvalue weighted by Crippen LogP contribution is -2.26. The first-order valence-electron chi connectivity index (χ1n) is 5.65. The highest BCUT2D eigenvalue weighted by atomic mass is 16.5. The molecule has 0 saturated carbocycles. The molecule has 1 fully saturated rings. The van der Waals surface area contributed by atoms with Gasteiger partial charge in [0.25, 0.3) is 0 Å². The molecule has 5 nitrogen and oxygen atoms in total. The van der Waals surface area contributed by atoms with Crippen LogP contribution in [0.5, 0.6) is 0 Å². The van der Waals surface area contributed by atoms with Crippen LogP contribution in [0.2, 0.25) is 0 Å². The first-order chi connectivity index (χ1) is 7.81. The van der Waals surface area contributed by atoms with Crippen LogP contribution in [0.1, 0.15) is 41.9 Å². The van der Waals surface area contributed by atoms with Crippen molar-refractivity contribution < 1.29 is 14.1 Å². The quantitative estimate of drug-likeness (QED) is 0.784. The van der Waals surface area contributed by atoms with Gasteiger partial charge in [-0.15, -0.1) is 0 Å². The summed E-state index contributed by atoms with van der Waals surface area (Å²) in [5, 5.41) is 7.02. The molecule has 1 aromatic rings. The lowest BCUT2D eigenvalue weighted by molar-refractivity contribution is 0.0514. The number of hydrogen-bond acceptors (Lipinski definition) is 5. The Kier molecular flexibility index (Phi) is 3.56. The van der Waals surface area contributed by atoms with Crippen LogP contribution >= 0.6 is 0 Å². The van der Waals surface area contributed by atoms with E-state index >= 15 is 0 Å². The van der Waals surface area contributed by atoms with Crippen molar-refractivity contribution in [3.05, 3.63) is 17.5 Å². The van der Waals surface area contributed by atoms with Gasteiger partial charge in [-0.1, -0.05) is 5.16 Å². The molecule has 0 unspecified atom stereocenters. The highest BCUT2D eigenvalue weighted by Crippen LogP contribution is 2.25. The minimum Gasteiger partial charge on any atom is -0.461 e. The first-order valence-corrected chi connectivity index (χ1v) is 5.65. The van der Waals surface area contributed by atoms with Crippen LogP contribution < -0.4 is 5.32 Å². The zero-order valence-corrected chi connectivity index (χ0v) is 9.36. The monoisotopic (exact) mass is 224 g/mol. The first kappa shape index (κ1) is 11.1. The predicted octanol–water partition coefficient (Wildman–Crippen LogP) is 1.32. The highest BCUT2D eigenvalue weighted by molar-refractivity contribution is 5.87. The van der Waals surface area contributed by atoms with Gasteiger partial charge in [0.1, 0.15) is 5.76 Å². The molecule has 2 heterocycles. The van der Waals surface area contributed by atoms with E-state index in [4.69, 9.17) is 9.26 Å². The van der Waals surface area contributed by atoms with Crippen molar-refractivity contribution in [3.63, 3.8) is 0 Å². The van der Waals surface area contributed by atoms with E-state index in [1.54, 1.807) is 13.0 Å². The molecular formula is C11H16N2O3. The maximum absolute atomic E-state index is 11.4. The summed E-state index contributed by atoms with van der Waals surface area (Å²) in [7, 11) is 0. The molecule has 5 heteroatoms. The van der Waals surface area contributed by atoms with Crippen molar-refractivity contribution in [2.75, 3.05) is 19.7 Å². The normalized spacial score (nSPS) is 17.3. The zero-order chi connectivity index (χ0) is 11.4. The zero-order valence-electron chi connectivity index (χ0n) is 9.36. The third kappa shape index (κ3) is 2.41. The Morgan fingerprint density at radius 3 is 3.06 bits per heavy atom. The minimum atomic E-state index is -0.411. The number of piperidine rings is 1. The standard InChI is InChI=1S/C11H16N2O3/c1-2-15-11(14)9-7-10(16-13-9)8-3-5-12-6-4-8/h7-8,12H,2-6H2,1H3. The fraction of sp³-hybridized carbons (Fsp3) is 0.636. The molecule has 2 rings (SSSR count). The summed E-state index contributed by atoms with van der Waals surface area (Å²) in [6.07, 6.45) is 2.05. The molecule has 0 spiro atoms. The molecule has 1 N–H and O–H groups in total. The number of nitrogens with zero attached hydrogens (tertiary/aromatic N) is 1. The maximum atomic E-state index is 11.4. The number of hydrogen-bond donors (Lipinski definition) is 1. The molecular weight excluding hydrogens is 208 g/mol. The van der Waals surface area contributed by atoms with Gasteiger partial charge in [0.2, 0.25) is 0 Å². The van der Waals surface area contributed by atoms with Gasteiger partial charge in [-0.2, -0.15) is 0 Å². The van der Waals surface area contributed by atoms with Crippen LogP contribution in [0.4, 0.5) is 0 Å². The molecule has 0 aromatic carbocycles. The molecule has 1 aromatic heterocycles. The lowest BCUT2D eigenvalue weighted by atomic mass is 9.95. The van der Waals surface area contributed by atoms with Crippen molar-refractivity contribution in [3.8, 4) is 0 Å². The van der Waals surface area contributed by atoms with Gasteiger partial charge >= 0.3 is 5.97 Å². The summed E-state index contributed by atoms with van der Waals surface area (Å²) < 4.78 is 10.0. The van der Waals surface area contributed by atoms with Crippen molar-refractivity contribution in [2.45, 2.75) is 25.7 Å². The summed E-state index contributed by atoms with van der Waals surface area (Å²) in [5.41, 5.74) is 0.274. The number of aromatic nitrogens is 1. The molecule has 0 atom stereocenters. The van der Waals surface area contributed by atoms with Crippen LogP contribution in [-0.4, -0.2) is 30.8 Å². The second kappa shape index (κ2) is 5.12. The van der Waals surface area contributed by atoms with E-state index < -0.39 is 5.97 Å². The third-order valence-corrected chi connectivity index (χ3v) is 2.75. The van der Waals surface area contributed by atoms with E-state index in [1.807, 2.05) is 0 Å². The van der Waals surface area contributed by atoms with Crippen LogP contribution in [0.15, 0.2) is 10.6 Å². The van der Waals surface area contributed by atoms with Crippen molar-refractivity contribution >= 4 is 5.97 Å². The van der Waals surface area contributed by atoms with Crippen LogP contribution in [0.25, 0.3) is 0 Å². The Bertz CT molecular complexity index is 356. The second-order valence-corrected chi connectivity index (χ2v) is 3.86. The number of nitrogens with one attached hydrogen (secondary N) is 1. The fourth-order valence-corrected chi connectivity index (χ4v) is 1.89. The van der Waals surface area contributed by atoms with Crippen LogP contribution in [0, 0.1) is 0 Å². The van der Waals surface area contributed by atoms with Crippen LogP contribution in [0.3, 0.4) is 0 Å². The number of ether oxygens (including phenoxy) is 1. The fourth-order valence-electron chi connectivity index (χ4n) is 1.89. The van der Waals surface area contributed by atoms with Gasteiger partial charge in [-0.25, -0.2) is 4.79 Å². The highest BCUT2D eigenvalue weighted by Gasteiger charge is 2.21. The number of rotatable bonds is 3. The molecule has 0 radical (unpaired) electrons. The van der Waals surface area contributed by atoms with E-state index in [-0.39, 0.29) is 5.69 Å². The summed E-state index contributed by atoms with van der Waals surface area (Å²) >= 11 is 0. The molecule has 1 aliphatic heterocycles. The topological polar surface area (TPSA) is 64.4 Å². The van der Waals surface area contributed by atoms with E-state index in [0.29, 0.717) is 12.5 Å². The lowest BCUT2D eigenvalue weighted by Gasteiger charge is -2.19. The van der Waals surface area contributed by atoms with Gasteiger partial charge in [-0.05, 0) is 32.9 Å². The van der Waals surface area contributed by atoms with Crippen molar-refractivity contribution in [2.24, 2.45) is 0 Å². The van der Waals surface area contributed by atoms with E-state index in [0.717, 1.165) is 31.7 Å². The summed E-state index contributed by atoms with van der Waals surface area (Å²) in [6.45, 7) is 4.10. The Hall–Kier alpha value is -1.36. The van der Waals surface area contributed by atoms with Crippen molar-refractivity contribution in [1.82, 2.24) is 10.5 Å². The largest absolute Gasteiger partial charge is 0.461 e. The Balaban J connectivity index is 2.03. The van der Waals surface area contributed by atoms with Gasteiger partial charge in [0.15, 0.2) is 5.69 Å².